The van der Waals surface area contributed by atoms with E-state index < -0.39 is 0 Å². The minimum atomic E-state index is -0.342. The molecule has 3 heteroatoms. The molecule has 0 fully saturated rings. The quantitative estimate of drug-likeness (QED) is 0.857. The number of hydrogen-bond donors (Lipinski definition) is 1. The van der Waals surface area contributed by atoms with Gasteiger partial charge in [0.15, 0.2) is 0 Å². The number of carbonyl (C=O) groups is 1. The standard InChI is InChI=1S/C18H20O3/c1-13-8-9-14(2)17(10-13)18(20)21-12-16(11-19)15-6-4-3-5-7-15/h3-10,16,19H,11-12H2,1-2H3. The third-order valence-corrected chi connectivity index (χ3v) is 3.52. The van der Waals surface area contributed by atoms with E-state index in [0.717, 1.165) is 16.7 Å². The highest BCUT2D eigenvalue weighted by Crippen LogP contribution is 2.17. The van der Waals surface area contributed by atoms with Crippen LogP contribution < -0.4 is 0 Å². The number of carbonyl (C=O) groups excluding carboxylic acids is 1. The summed E-state index contributed by atoms with van der Waals surface area (Å²) >= 11 is 0. The highest BCUT2D eigenvalue weighted by Gasteiger charge is 2.15. The Balaban J connectivity index is 2.04. The van der Waals surface area contributed by atoms with Gasteiger partial charge < -0.3 is 9.84 Å². The second-order valence-electron chi connectivity index (χ2n) is 5.21. The van der Waals surface area contributed by atoms with Crippen molar-refractivity contribution in [2.45, 2.75) is 19.8 Å². The number of esters is 1. The van der Waals surface area contributed by atoms with Crippen LogP contribution in [0.3, 0.4) is 0 Å². The average molecular weight is 284 g/mol. The SMILES string of the molecule is Cc1ccc(C)c(C(=O)OCC(CO)c2ccccc2)c1. The van der Waals surface area contributed by atoms with Gasteiger partial charge in [-0.15, -0.1) is 0 Å². The number of aliphatic hydroxyl groups excluding tert-OH is 1. The fourth-order valence-corrected chi connectivity index (χ4v) is 2.19. The summed E-state index contributed by atoms with van der Waals surface area (Å²) in [6, 6.07) is 15.3. The predicted octanol–water partition coefficient (Wildman–Crippen LogP) is 3.24. The van der Waals surface area contributed by atoms with Gasteiger partial charge in [0.05, 0.1) is 12.2 Å². The summed E-state index contributed by atoms with van der Waals surface area (Å²) in [5, 5.41) is 9.47. The summed E-state index contributed by atoms with van der Waals surface area (Å²) in [6.45, 7) is 3.95. The summed E-state index contributed by atoms with van der Waals surface area (Å²) in [5.41, 5.74) is 3.47. The molecule has 0 radical (unpaired) electrons. The molecule has 0 amide bonds. The van der Waals surface area contributed by atoms with Crippen molar-refractivity contribution in [1.29, 1.82) is 0 Å². The molecule has 1 N–H and O–H groups in total. The van der Waals surface area contributed by atoms with Crippen LogP contribution in [0.4, 0.5) is 0 Å². The van der Waals surface area contributed by atoms with Gasteiger partial charge in [0, 0.05) is 5.92 Å². The van der Waals surface area contributed by atoms with E-state index in [1.54, 1.807) is 0 Å². The van der Waals surface area contributed by atoms with Crippen LogP contribution in [0, 0.1) is 13.8 Å². The number of benzene rings is 2. The van der Waals surface area contributed by atoms with Gasteiger partial charge in [0.25, 0.3) is 0 Å². The van der Waals surface area contributed by atoms with Crippen molar-refractivity contribution in [3.63, 3.8) is 0 Å². The molecule has 0 bridgehead atoms. The molecule has 3 nitrogen and oxygen atoms in total. The second kappa shape index (κ2) is 7.04. The van der Waals surface area contributed by atoms with Crippen molar-refractivity contribution in [3.8, 4) is 0 Å². The largest absolute Gasteiger partial charge is 0.461 e. The molecule has 1 atom stereocenters. The van der Waals surface area contributed by atoms with Gasteiger partial charge in [-0.05, 0) is 31.0 Å². The van der Waals surface area contributed by atoms with Gasteiger partial charge in [-0.25, -0.2) is 4.79 Å². The fourth-order valence-electron chi connectivity index (χ4n) is 2.19. The third kappa shape index (κ3) is 3.92. The van der Waals surface area contributed by atoms with Gasteiger partial charge in [-0.1, -0.05) is 48.0 Å². The lowest BCUT2D eigenvalue weighted by Gasteiger charge is -2.15. The van der Waals surface area contributed by atoms with Gasteiger partial charge in [0.2, 0.25) is 0 Å². The summed E-state index contributed by atoms with van der Waals surface area (Å²) in [5.74, 6) is -0.536. The topological polar surface area (TPSA) is 46.5 Å². The van der Waals surface area contributed by atoms with Gasteiger partial charge >= 0.3 is 5.97 Å². The van der Waals surface area contributed by atoms with E-state index in [2.05, 4.69) is 0 Å². The van der Waals surface area contributed by atoms with Gasteiger partial charge in [-0.2, -0.15) is 0 Å². The molecule has 2 aromatic rings. The van der Waals surface area contributed by atoms with Crippen LogP contribution in [0.15, 0.2) is 48.5 Å². The molecule has 0 heterocycles. The monoisotopic (exact) mass is 284 g/mol. The van der Waals surface area contributed by atoms with Crippen molar-refractivity contribution in [2.24, 2.45) is 0 Å². The Bertz CT molecular complexity index is 605. The minimum absolute atomic E-state index is 0.0515. The zero-order chi connectivity index (χ0) is 15.2. The summed E-state index contributed by atoms with van der Waals surface area (Å²) in [6.07, 6.45) is 0. The van der Waals surface area contributed by atoms with Crippen molar-refractivity contribution in [1.82, 2.24) is 0 Å². The van der Waals surface area contributed by atoms with E-state index in [-0.39, 0.29) is 25.1 Å². The highest BCUT2D eigenvalue weighted by molar-refractivity contribution is 5.91. The molecular formula is C18H20O3. The van der Waals surface area contributed by atoms with Crippen LogP contribution in [-0.4, -0.2) is 24.3 Å². The Morgan fingerprint density at radius 2 is 1.86 bits per heavy atom. The third-order valence-electron chi connectivity index (χ3n) is 3.52. The molecule has 0 aliphatic heterocycles. The molecule has 2 rings (SSSR count). The molecule has 0 spiro atoms. The fraction of sp³-hybridized carbons (Fsp3) is 0.278. The van der Waals surface area contributed by atoms with Crippen molar-refractivity contribution in [2.75, 3.05) is 13.2 Å². The number of hydrogen-bond acceptors (Lipinski definition) is 3. The normalized spacial score (nSPS) is 12.0. The highest BCUT2D eigenvalue weighted by atomic mass is 16.5. The Morgan fingerprint density at radius 3 is 2.52 bits per heavy atom. The Kier molecular flexibility index (Phi) is 5.12. The van der Waals surface area contributed by atoms with Gasteiger partial charge in [0.1, 0.15) is 6.61 Å². The van der Waals surface area contributed by atoms with Crippen LogP contribution in [-0.2, 0) is 4.74 Å². The zero-order valence-corrected chi connectivity index (χ0v) is 12.4. The summed E-state index contributed by atoms with van der Waals surface area (Å²) < 4.78 is 5.37. The lowest BCUT2D eigenvalue weighted by molar-refractivity contribution is 0.0449. The van der Waals surface area contributed by atoms with Crippen molar-refractivity contribution >= 4 is 5.97 Å². The lowest BCUT2D eigenvalue weighted by atomic mass is 10.0. The van der Waals surface area contributed by atoms with Crippen LogP contribution in [0.1, 0.15) is 33.0 Å². The first-order valence-electron chi connectivity index (χ1n) is 7.02. The summed E-state index contributed by atoms with van der Waals surface area (Å²) in [7, 11) is 0. The van der Waals surface area contributed by atoms with E-state index in [1.807, 2.05) is 62.4 Å². The maximum absolute atomic E-state index is 12.2. The number of aliphatic hydroxyl groups is 1. The van der Waals surface area contributed by atoms with E-state index >= 15 is 0 Å². The molecule has 0 saturated carbocycles. The minimum Gasteiger partial charge on any atom is -0.461 e. The maximum Gasteiger partial charge on any atom is 0.338 e. The second-order valence-corrected chi connectivity index (χ2v) is 5.21. The smallest absolute Gasteiger partial charge is 0.338 e. The maximum atomic E-state index is 12.2. The van der Waals surface area contributed by atoms with E-state index in [0.29, 0.717) is 5.56 Å². The predicted molar refractivity (Wildman–Crippen MR) is 82.5 cm³/mol. The van der Waals surface area contributed by atoms with Gasteiger partial charge in [-0.3, -0.25) is 0 Å². The molecule has 0 aromatic heterocycles. The Labute approximate surface area is 125 Å². The van der Waals surface area contributed by atoms with Crippen LogP contribution in [0.5, 0.6) is 0 Å². The number of rotatable bonds is 5. The first-order valence-corrected chi connectivity index (χ1v) is 7.02. The van der Waals surface area contributed by atoms with Crippen LogP contribution in [0.25, 0.3) is 0 Å². The van der Waals surface area contributed by atoms with Crippen molar-refractivity contribution in [3.05, 3.63) is 70.8 Å². The van der Waals surface area contributed by atoms with E-state index in [1.165, 1.54) is 0 Å². The molecule has 21 heavy (non-hydrogen) atoms. The molecule has 0 saturated heterocycles. The summed E-state index contributed by atoms with van der Waals surface area (Å²) in [4.78, 5) is 12.2. The number of aryl methyl sites for hydroxylation is 2. The van der Waals surface area contributed by atoms with Crippen LogP contribution in [0.2, 0.25) is 0 Å². The van der Waals surface area contributed by atoms with E-state index in [9.17, 15) is 9.90 Å². The molecule has 2 aromatic carbocycles. The molecule has 0 aliphatic rings. The lowest BCUT2D eigenvalue weighted by Crippen LogP contribution is -2.16. The molecule has 1 unspecified atom stereocenters. The Hall–Kier alpha value is -2.13. The van der Waals surface area contributed by atoms with E-state index in [4.69, 9.17) is 4.74 Å². The molecular weight excluding hydrogens is 264 g/mol. The molecule has 0 aliphatic carbocycles. The first-order chi connectivity index (χ1) is 10.1. The zero-order valence-electron chi connectivity index (χ0n) is 12.4. The molecule has 110 valence electrons. The first kappa shape index (κ1) is 15.3. The average Bonchev–Trinajstić information content (AvgIpc) is 2.51. The number of ether oxygens (including phenoxy) is 1. The Morgan fingerprint density at radius 1 is 1.14 bits per heavy atom. The van der Waals surface area contributed by atoms with Crippen LogP contribution >= 0.6 is 0 Å². The van der Waals surface area contributed by atoms with Crippen molar-refractivity contribution < 1.29 is 14.6 Å².